The van der Waals surface area contributed by atoms with Crippen LogP contribution in [0.25, 0.3) is 10.2 Å². The lowest BCUT2D eigenvalue weighted by Crippen LogP contribution is -2.40. The van der Waals surface area contributed by atoms with Crippen LogP contribution in [0.15, 0.2) is 24.0 Å². The van der Waals surface area contributed by atoms with E-state index in [9.17, 15) is 13.2 Å². The molecule has 0 bridgehead atoms. The fourth-order valence-electron chi connectivity index (χ4n) is 4.07. The second kappa shape index (κ2) is 8.37. The van der Waals surface area contributed by atoms with E-state index < -0.39 is 12.6 Å². The van der Waals surface area contributed by atoms with Gasteiger partial charge in [-0.2, -0.15) is 13.2 Å². The fourth-order valence-corrected chi connectivity index (χ4v) is 5.10. The minimum Gasteiger partial charge on any atom is -0.367 e. The number of nitrogens with zero attached hydrogens (tertiary/aromatic N) is 3. The molecule has 28 heavy (non-hydrogen) atoms. The summed E-state index contributed by atoms with van der Waals surface area (Å²) in [6.45, 7) is 3.15. The summed E-state index contributed by atoms with van der Waals surface area (Å²) in [5, 5.41) is 4.15. The summed E-state index contributed by atoms with van der Waals surface area (Å²) >= 11 is 1.09. The van der Waals surface area contributed by atoms with Crippen molar-refractivity contribution in [3.8, 4) is 0 Å². The minimum absolute atomic E-state index is 0.279. The van der Waals surface area contributed by atoms with Gasteiger partial charge in [0.15, 0.2) is 0 Å². The summed E-state index contributed by atoms with van der Waals surface area (Å²) in [5.74, 6) is 0.656. The predicted octanol–water partition coefficient (Wildman–Crippen LogP) is 5.17. The number of aromatic nitrogens is 2. The van der Waals surface area contributed by atoms with Crippen LogP contribution in [0.1, 0.15) is 43.4 Å². The number of hydrogen-bond donors (Lipinski definition) is 1. The van der Waals surface area contributed by atoms with Crippen LogP contribution in [0.4, 0.5) is 19.0 Å². The van der Waals surface area contributed by atoms with Crippen molar-refractivity contribution in [1.82, 2.24) is 14.9 Å². The lowest BCUT2D eigenvalue weighted by Gasteiger charge is -2.33. The first-order valence-corrected chi connectivity index (χ1v) is 10.7. The SMILES string of the molecule is FC(F)(F)Cc1cc2c(NC3CCN(CC4=CCCCC4)CC3)ncnc2s1. The van der Waals surface area contributed by atoms with Crippen LogP contribution in [-0.4, -0.2) is 46.7 Å². The number of thiophene rings is 1. The number of anilines is 1. The molecule has 1 N–H and O–H groups in total. The zero-order valence-corrected chi connectivity index (χ0v) is 16.6. The molecular formula is C20H25F3N4S. The summed E-state index contributed by atoms with van der Waals surface area (Å²) in [7, 11) is 0. The lowest BCUT2D eigenvalue weighted by atomic mass is 9.98. The van der Waals surface area contributed by atoms with Crippen LogP contribution < -0.4 is 5.32 Å². The third-order valence-electron chi connectivity index (χ3n) is 5.50. The Morgan fingerprint density at radius 2 is 2.00 bits per heavy atom. The molecule has 0 aromatic carbocycles. The smallest absolute Gasteiger partial charge is 0.367 e. The number of allylic oxidation sites excluding steroid dienone is 1. The van der Waals surface area contributed by atoms with Gasteiger partial charge in [0.05, 0.1) is 11.8 Å². The zero-order chi connectivity index (χ0) is 19.6. The zero-order valence-electron chi connectivity index (χ0n) is 15.8. The van der Waals surface area contributed by atoms with Gasteiger partial charge in [-0.3, -0.25) is 4.90 Å². The van der Waals surface area contributed by atoms with Gasteiger partial charge in [-0.15, -0.1) is 11.3 Å². The molecule has 2 aromatic heterocycles. The first kappa shape index (κ1) is 19.6. The van der Waals surface area contributed by atoms with Crippen LogP contribution >= 0.6 is 11.3 Å². The maximum absolute atomic E-state index is 12.7. The first-order valence-electron chi connectivity index (χ1n) is 9.93. The molecule has 1 fully saturated rings. The maximum atomic E-state index is 12.7. The fraction of sp³-hybridized carbons (Fsp3) is 0.600. The average Bonchev–Trinajstić information content (AvgIpc) is 3.06. The van der Waals surface area contributed by atoms with Crippen molar-refractivity contribution >= 4 is 27.4 Å². The molecule has 3 heterocycles. The van der Waals surface area contributed by atoms with E-state index in [-0.39, 0.29) is 4.88 Å². The Bertz CT molecular complexity index is 838. The standard InChI is InChI=1S/C20H25F3N4S/c21-20(22,23)11-16-10-17-18(24-13-25-19(17)28-16)26-15-6-8-27(9-7-15)12-14-4-2-1-3-5-14/h4,10,13,15H,1-3,5-9,11-12H2,(H,24,25,26). The maximum Gasteiger partial charge on any atom is 0.393 e. The van der Waals surface area contributed by atoms with Crippen molar-refractivity contribution < 1.29 is 13.2 Å². The molecule has 4 rings (SSSR count). The van der Waals surface area contributed by atoms with Gasteiger partial charge in [0, 0.05) is 30.6 Å². The summed E-state index contributed by atoms with van der Waals surface area (Å²) in [6, 6.07) is 1.88. The molecule has 152 valence electrons. The Kier molecular flexibility index (Phi) is 5.87. The summed E-state index contributed by atoms with van der Waals surface area (Å²) < 4.78 is 38.1. The molecule has 0 atom stereocenters. The van der Waals surface area contributed by atoms with Crippen molar-refractivity contribution in [3.05, 3.63) is 28.9 Å². The predicted molar refractivity (Wildman–Crippen MR) is 107 cm³/mol. The van der Waals surface area contributed by atoms with Gasteiger partial charge in [0.2, 0.25) is 0 Å². The normalized spacial score (nSPS) is 19.8. The lowest BCUT2D eigenvalue weighted by molar-refractivity contribution is -0.126. The number of nitrogens with one attached hydrogen (secondary N) is 1. The van der Waals surface area contributed by atoms with Crippen molar-refractivity contribution in [3.63, 3.8) is 0 Å². The molecule has 8 heteroatoms. The highest BCUT2D eigenvalue weighted by molar-refractivity contribution is 7.18. The quantitative estimate of drug-likeness (QED) is 0.690. The first-order chi connectivity index (χ1) is 13.5. The molecular weight excluding hydrogens is 385 g/mol. The van der Waals surface area contributed by atoms with E-state index in [1.807, 2.05) is 0 Å². The molecule has 4 nitrogen and oxygen atoms in total. The molecule has 1 aliphatic carbocycles. The van der Waals surface area contributed by atoms with Crippen molar-refractivity contribution in [2.24, 2.45) is 0 Å². The molecule has 0 amide bonds. The molecule has 0 saturated carbocycles. The van der Waals surface area contributed by atoms with Crippen LogP contribution in [-0.2, 0) is 6.42 Å². The highest BCUT2D eigenvalue weighted by atomic mass is 32.1. The van der Waals surface area contributed by atoms with Crippen LogP contribution in [0.3, 0.4) is 0 Å². The minimum atomic E-state index is -4.21. The second-order valence-electron chi connectivity index (χ2n) is 7.75. The highest BCUT2D eigenvalue weighted by Gasteiger charge is 2.29. The van der Waals surface area contributed by atoms with E-state index in [0.29, 0.717) is 22.1 Å². The number of hydrogen-bond acceptors (Lipinski definition) is 5. The van der Waals surface area contributed by atoms with Gasteiger partial charge >= 0.3 is 6.18 Å². The van der Waals surface area contributed by atoms with Gasteiger partial charge < -0.3 is 5.32 Å². The van der Waals surface area contributed by atoms with E-state index in [1.165, 1.54) is 32.0 Å². The van der Waals surface area contributed by atoms with E-state index in [0.717, 1.165) is 43.8 Å². The number of halogens is 3. The number of likely N-dealkylation sites (tertiary alicyclic amines) is 1. The van der Waals surface area contributed by atoms with Crippen LogP contribution in [0, 0.1) is 0 Å². The van der Waals surface area contributed by atoms with Crippen molar-refractivity contribution in [2.45, 2.75) is 57.2 Å². The second-order valence-corrected chi connectivity index (χ2v) is 8.86. The van der Waals surface area contributed by atoms with E-state index in [1.54, 1.807) is 11.6 Å². The third kappa shape index (κ3) is 5.03. The molecule has 0 unspecified atom stereocenters. The molecule has 2 aromatic rings. The van der Waals surface area contributed by atoms with Gasteiger partial charge in [-0.25, -0.2) is 9.97 Å². The molecule has 2 aliphatic rings. The summed E-state index contributed by atoms with van der Waals surface area (Å²) in [4.78, 5) is 11.9. The van der Waals surface area contributed by atoms with Gasteiger partial charge in [-0.05, 0) is 44.6 Å². The van der Waals surface area contributed by atoms with Crippen LogP contribution in [0.5, 0.6) is 0 Å². The van der Waals surface area contributed by atoms with Crippen molar-refractivity contribution in [1.29, 1.82) is 0 Å². The molecule has 0 spiro atoms. The summed E-state index contributed by atoms with van der Waals surface area (Å²) in [6.07, 6.45) is 5.81. The number of fused-ring (bicyclic) bond motifs is 1. The molecule has 1 saturated heterocycles. The highest BCUT2D eigenvalue weighted by Crippen LogP contribution is 2.33. The Hall–Kier alpha value is -1.67. The Morgan fingerprint density at radius 3 is 2.71 bits per heavy atom. The number of rotatable bonds is 5. The van der Waals surface area contributed by atoms with Crippen molar-refractivity contribution in [2.75, 3.05) is 25.0 Å². The van der Waals surface area contributed by atoms with Gasteiger partial charge in [0.1, 0.15) is 17.0 Å². The molecule has 1 aliphatic heterocycles. The topological polar surface area (TPSA) is 41.0 Å². The van der Waals surface area contributed by atoms with Gasteiger partial charge in [-0.1, -0.05) is 11.6 Å². The Labute approximate surface area is 166 Å². The van der Waals surface area contributed by atoms with E-state index >= 15 is 0 Å². The Balaban J connectivity index is 1.37. The molecule has 0 radical (unpaired) electrons. The summed E-state index contributed by atoms with van der Waals surface area (Å²) in [5.41, 5.74) is 1.57. The number of alkyl halides is 3. The van der Waals surface area contributed by atoms with E-state index in [4.69, 9.17) is 0 Å². The number of piperidine rings is 1. The monoisotopic (exact) mass is 410 g/mol. The van der Waals surface area contributed by atoms with Crippen LogP contribution in [0.2, 0.25) is 0 Å². The van der Waals surface area contributed by atoms with E-state index in [2.05, 4.69) is 26.3 Å². The largest absolute Gasteiger partial charge is 0.393 e. The third-order valence-corrected chi connectivity index (χ3v) is 6.54. The average molecular weight is 411 g/mol. The Morgan fingerprint density at radius 1 is 1.18 bits per heavy atom. The van der Waals surface area contributed by atoms with Gasteiger partial charge in [0.25, 0.3) is 0 Å².